The molecule has 3 N–H and O–H groups in total. The van der Waals surface area contributed by atoms with Crippen LogP contribution in [0.4, 0.5) is 5.69 Å². The van der Waals surface area contributed by atoms with Crippen LogP contribution in [-0.4, -0.2) is 17.3 Å². The van der Waals surface area contributed by atoms with Crippen molar-refractivity contribution in [3.8, 4) is 5.75 Å². The Morgan fingerprint density at radius 3 is 2.41 bits per heavy atom. The molecule has 0 atom stereocenters. The Balaban J connectivity index is 2.36. The Hall–Kier alpha value is -1.97. The number of anilines is 1. The van der Waals surface area contributed by atoms with E-state index in [2.05, 4.69) is 24.0 Å². The zero-order valence-electron chi connectivity index (χ0n) is 10.4. The largest absolute Gasteiger partial charge is 0.497 e. The van der Waals surface area contributed by atoms with Gasteiger partial charge >= 0.3 is 0 Å². The lowest BCUT2D eigenvalue weighted by atomic mass is 9.98. The number of aromatic nitrogens is 2. The van der Waals surface area contributed by atoms with Gasteiger partial charge in [-0.2, -0.15) is 5.10 Å². The highest BCUT2D eigenvalue weighted by Gasteiger charge is 2.09. The number of H-pyrrole nitrogens is 1. The molecule has 0 aliphatic heterocycles. The van der Waals surface area contributed by atoms with E-state index in [9.17, 15) is 0 Å². The molecule has 0 fully saturated rings. The molecule has 0 unspecified atom stereocenters. The monoisotopic (exact) mass is 231 g/mol. The van der Waals surface area contributed by atoms with E-state index in [1.54, 1.807) is 13.3 Å². The van der Waals surface area contributed by atoms with Gasteiger partial charge < -0.3 is 10.5 Å². The predicted molar refractivity (Wildman–Crippen MR) is 68.3 cm³/mol. The summed E-state index contributed by atoms with van der Waals surface area (Å²) in [6.07, 6.45) is 2.41. The van der Waals surface area contributed by atoms with E-state index in [4.69, 9.17) is 10.5 Å². The van der Waals surface area contributed by atoms with Crippen LogP contribution in [0.2, 0.25) is 0 Å². The molecule has 0 aliphatic rings. The molecule has 90 valence electrons. The van der Waals surface area contributed by atoms with Crippen LogP contribution in [0.15, 0.2) is 18.3 Å². The van der Waals surface area contributed by atoms with Gasteiger partial charge in [0.15, 0.2) is 0 Å². The number of nitrogens with one attached hydrogen (secondary N) is 1. The Morgan fingerprint density at radius 1 is 1.29 bits per heavy atom. The van der Waals surface area contributed by atoms with E-state index >= 15 is 0 Å². The van der Waals surface area contributed by atoms with Crippen LogP contribution in [0.1, 0.15) is 22.4 Å². The second-order valence-electron chi connectivity index (χ2n) is 4.22. The average Bonchev–Trinajstić information content (AvgIpc) is 2.69. The van der Waals surface area contributed by atoms with Crippen LogP contribution >= 0.6 is 0 Å². The third-order valence-corrected chi connectivity index (χ3v) is 3.01. The molecule has 1 aromatic carbocycles. The van der Waals surface area contributed by atoms with Crippen molar-refractivity contribution in [1.29, 1.82) is 0 Å². The highest BCUT2D eigenvalue weighted by molar-refractivity contribution is 5.47. The molecule has 0 saturated heterocycles. The highest BCUT2D eigenvalue weighted by atomic mass is 16.5. The molecule has 0 radical (unpaired) electrons. The molecule has 0 saturated carbocycles. The Kier molecular flexibility index (Phi) is 3.04. The summed E-state index contributed by atoms with van der Waals surface area (Å²) < 4.78 is 5.24. The van der Waals surface area contributed by atoms with Crippen molar-refractivity contribution in [2.75, 3.05) is 12.8 Å². The lowest BCUT2D eigenvalue weighted by Crippen LogP contribution is -2.00. The molecular weight excluding hydrogens is 214 g/mol. The van der Waals surface area contributed by atoms with Crippen LogP contribution in [0.3, 0.4) is 0 Å². The Bertz CT molecular complexity index is 508. The van der Waals surface area contributed by atoms with Gasteiger partial charge in [0, 0.05) is 6.42 Å². The van der Waals surface area contributed by atoms with Crippen LogP contribution in [0.5, 0.6) is 5.75 Å². The molecule has 0 bridgehead atoms. The molecule has 0 aliphatic carbocycles. The van der Waals surface area contributed by atoms with E-state index in [0.29, 0.717) is 5.69 Å². The quantitative estimate of drug-likeness (QED) is 0.851. The second-order valence-corrected chi connectivity index (χ2v) is 4.22. The van der Waals surface area contributed by atoms with Crippen molar-refractivity contribution in [2.24, 2.45) is 0 Å². The number of benzene rings is 1. The van der Waals surface area contributed by atoms with Gasteiger partial charge in [0.1, 0.15) is 5.75 Å². The number of nitrogen functional groups attached to an aromatic ring is 1. The maximum Gasteiger partial charge on any atom is 0.119 e. The number of aromatic amines is 1. The number of nitrogens with two attached hydrogens (primary N) is 1. The molecule has 17 heavy (non-hydrogen) atoms. The minimum atomic E-state index is 0.708. The first kappa shape index (κ1) is 11.5. The normalized spacial score (nSPS) is 10.5. The third kappa shape index (κ3) is 2.25. The molecule has 0 spiro atoms. The van der Waals surface area contributed by atoms with E-state index in [0.717, 1.165) is 17.9 Å². The number of aryl methyl sites for hydroxylation is 2. The van der Waals surface area contributed by atoms with Gasteiger partial charge in [0.2, 0.25) is 0 Å². The number of hydrogen-bond donors (Lipinski definition) is 2. The number of methoxy groups -OCH3 is 1. The van der Waals surface area contributed by atoms with Crippen molar-refractivity contribution in [3.05, 3.63) is 40.7 Å². The van der Waals surface area contributed by atoms with Crippen LogP contribution in [0, 0.1) is 13.8 Å². The summed E-state index contributed by atoms with van der Waals surface area (Å²) in [6.45, 7) is 4.16. The molecule has 1 aromatic heterocycles. The minimum Gasteiger partial charge on any atom is -0.497 e. The van der Waals surface area contributed by atoms with Gasteiger partial charge in [-0.05, 0) is 42.7 Å². The number of nitrogens with zero attached hydrogens (tertiary/aromatic N) is 1. The molecule has 2 aromatic rings. The molecule has 1 heterocycles. The molecule has 4 nitrogen and oxygen atoms in total. The van der Waals surface area contributed by atoms with Gasteiger partial charge in [-0.15, -0.1) is 0 Å². The zero-order valence-corrected chi connectivity index (χ0v) is 10.4. The summed E-state index contributed by atoms with van der Waals surface area (Å²) in [5.74, 6) is 0.890. The van der Waals surface area contributed by atoms with Gasteiger partial charge in [0.05, 0.1) is 24.7 Å². The maximum absolute atomic E-state index is 5.83. The van der Waals surface area contributed by atoms with Gasteiger partial charge in [-0.25, -0.2) is 0 Å². The third-order valence-electron chi connectivity index (χ3n) is 3.01. The summed E-state index contributed by atoms with van der Waals surface area (Å²) >= 11 is 0. The first-order valence-corrected chi connectivity index (χ1v) is 5.53. The summed E-state index contributed by atoms with van der Waals surface area (Å²) in [6, 6.07) is 4.07. The number of rotatable bonds is 3. The van der Waals surface area contributed by atoms with Gasteiger partial charge in [-0.1, -0.05) is 0 Å². The predicted octanol–water partition coefficient (Wildman–Crippen LogP) is 2.21. The second kappa shape index (κ2) is 4.49. The average molecular weight is 231 g/mol. The minimum absolute atomic E-state index is 0.708. The molecule has 4 heteroatoms. The first-order chi connectivity index (χ1) is 8.11. The van der Waals surface area contributed by atoms with Crippen molar-refractivity contribution in [2.45, 2.75) is 20.3 Å². The lowest BCUT2D eigenvalue weighted by molar-refractivity contribution is 0.414. The van der Waals surface area contributed by atoms with E-state index < -0.39 is 0 Å². The Morgan fingerprint density at radius 2 is 1.94 bits per heavy atom. The lowest BCUT2D eigenvalue weighted by Gasteiger charge is -2.11. The van der Waals surface area contributed by atoms with E-state index in [1.807, 2.05) is 12.1 Å². The summed E-state index contributed by atoms with van der Waals surface area (Å²) in [4.78, 5) is 0. The van der Waals surface area contributed by atoms with E-state index in [1.165, 1.54) is 16.7 Å². The van der Waals surface area contributed by atoms with Crippen molar-refractivity contribution >= 4 is 5.69 Å². The van der Waals surface area contributed by atoms with Crippen molar-refractivity contribution < 1.29 is 4.74 Å². The van der Waals surface area contributed by atoms with Crippen molar-refractivity contribution in [1.82, 2.24) is 10.2 Å². The summed E-state index contributed by atoms with van der Waals surface area (Å²) in [5.41, 5.74) is 11.2. The fourth-order valence-corrected chi connectivity index (χ4v) is 1.99. The van der Waals surface area contributed by atoms with Crippen LogP contribution in [-0.2, 0) is 6.42 Å². The van der Waals surface area contributed by atoms with Gasteiger partial charge in [0.25, 0.3) is 0 Å². The van der Waals surface area contributed by atoms with Crippen LogP contribution < -0.4 is 10.5 Å². The zero-order chi connectivity index (χ0) is 12.4. The van der Waals surface area contributed by atoms with Crippen molar-refractivity contribution in [3.63, 3.8) is 0 Å². The summed E-state index contributed by atoms with van der Waals surface area (Å²) in [5, 5.41) is 6.87. The smallest absolute Gasteiger partial charge is 0.119 e. The first-order valence-electron chi connectivity index (χ1n) is 5.53. The molecule has 2 rings (SSSR count). The standard InChI is InChI=1S/C13H17N3O/c1-8-4-10(17-3)5-9(2)11(8)6-13-12(14)7-15-16-13/h4-5,7H,6,14H2,1-3H3,(H,15,16). The maximum atomic E-state index is 5.83. The van der Waals surface area contributed by atoms with Crippen LogP contribution in [0.25, 0.3) is 0 Å². The molecule has 0 amide bonds. The number of hydrogen-bond acceptors (Lipinski definition) is 3. The fourth-order valence-electron chi connectivity index (χ4n) is 1.99. The SMILES string of the molecule is COc1cc(C)c(Cc2[nH]ncc2N)c(C)c1. The Labute approximate surface area is 101 Å². The van der Waals surface area contributed by atoms with E-state index in [-0.39, 0.29) is 0 Å². The fraction of sp³-hybridized carbons (Fsp3) is 0.308. The van der Waals surface area contributed by atoms with Gasteiger partial charge in [-0.3, -0.25) is 5.10 Å². The summed E-state index contributed by atoms with van der Waals surface area (Å²) in [7, 11) is 1.68. The topological polar surface area (TPSA) is 63.9 Å². The highest BCUT2D eigenvalue weighted by Crippen LogP contribution is 2.24. The number of ether oxygens (including phenoxy) is 1. The molecular formula is C13H17N3O.